The van der Waals surface area contributed by atoms with Crippen LogP contribution in [0.1, 0.15) is 63.5 Å². The van der Waals surface area contributed by atoms with Crippen LogP contribution in [0, 0.1) is 29.1 Å². The van der Waals surface area contributed by atoms with E-state index in [0.29, 0.717) is 164 Å². The monoisotopic (exact) mass is 2040 g/mol. The van der Waals surface area contributed by atoms with Crippen molar-refractivity contribution >= 4 is 207 Å². The first-order chi connectivity index (χ1) is 67.2. The van der Waals surface area contributed by atoms with E-state index in [1.165, 1.54) is 119 Å². The minimum absolute atomic E-state index is 0.141. The highest BCUT2D eigenvalue weighted by Crippen LogP contribution is 2.42. The number of nitrogens with zero attached hydrogens (tertiary/aromatic N) is 5. The highest BCUT2D eigenvalue weighted by Gasteiger charge is 2.37. The van der Waals surface area contributed by atoms with E-state index in [2.05, 4.69) is 0 Å². The normalized spacial score (nSPS) is 15.5. The molecule has 20 rings (SSSR count). The minimum atomic E-state index is -0.833. The third-order valence-electron chi connectivity index (χ3n) is 20.3. The van der Waals surface area contributed by atoms with Crippen LogP contribution in [0.15, 0.2) is 380 Å². The predicted molar refractivity (Wildman–Crippen MR) is 560 cm³/mol. The fraction of sp³-hybridized carbons (Fsp3) is 0.0561. The van der Waals surface area contributed by atoms with Crippen LogP contribution in [0.3, 0.4) is 0 Å². The van der Waals surface area contributed by atoms with E-state index in [0.717, 1.165) is 34.7 Å². The van der Waals surface area contributed by atoms with Gasteiger partial charge in [0.1, 0.15) is 108 Å². The van der Waals surface area contributed by atoms with Crippen LogP contribution in [0.2, 0.25) is 0 Å². The quantitative estimate of drug-likeness (QED) is 0.0428. The van der Waals surface area contributed by atoms with Crippen LogP contribution in [0.25, 0.3) is 87.0 Å². The number of carbonyl (C=O) groups is 6. The number of thioether (sulfide) groups is 5. The van der Waals surface area contributed by atoms with E-state index >= 15 is 0 Å². The molecule has 0 unspecified atom stereocenters. The topological polar surface area (TPSA) is 205 Å². The molecule has 5 saturated heterocycles. The van der Waals surface area contributed by atoms with Gasteiger partial charge in [-0.2, -0.15) is 0 Å². The summed E-state index contributed by atoms with van der Waals surface area (Å²) in [6.45, 7) is 3.28. The SMILES string of the molecule is CC(=O)O.O=C1/C(=C\c2ccc(-c3cccc(F)c3)o2)SC(=S)N1Cc1ccccc1.O=C1/C(=C\c2ccc(-c3cccc(F)c3)o2)SC(=S)N1Cc1ccccc1.O=C1/C(=C\c2ccc(-c3cccc(F)c3)o2)SC(=S)N1Cc1ccccc1.O=C1/C(=C\c2ccc(-c3cccc(F)c3)o2)SC(=S)N1Cc1ccccc1.O=C1/C(=C\c2ccc(-c3cccc(F)c3)o2)SC(=S)N1Cc1ccccc1. The summed E-state index contributed by atoms with van der Waals surface area (Å²) < 4.78 is 98.3. The Morgan fingerprint density at radius 2 is 0.417 bits per heavy atom. The summed E-state index contributed by atoms with van der Waals surface area (Å²) in [5, 5.41) is 7.42. The maximum Gasteiger partial charge on any atom is 0.300 e. The Kier molecular flexibility index (Phi) is 33.9. The van der Waals surface area contributed by atoms with E-state index in [4.69, 9.17) is 93.1 Å². The lowest BCUT2D eigenvalue weighted by molar-refractivity contribution is -0.134. The van der Waals surface area contributed by atoms with E-state index in [1.807, 2.05) is 152 Å². The van der Waals surface area contributed by atoms with Crippen LogP contribution >= 0.6 is 120 Å². The third kappa shape index (κ3) is 27.1. The molecule has 5 fully saturated rings. The van der Waals surface area contributed by atoms with Gasteiger partial charge in [0.2, 0.25) is 0 Å². The van der Waals surface area contributed by atoms with Gasteiger partial charge in [0, 0.05) is 65.1 Å². The third-order valence-corrected chi connectivity index (χ3v) is 27.2. The molecule has 17 nitrogen and oxygen atoms in total. The van der Waals surface area contributed by atoms with E-state index in [9.17, 15) is 45.9 Å². The van der Waals surface area contributed by atoms with Gasteiger partial charge in [-0.15, -0.1) is 0 Å². The summed E-state index contributed by atoms with van der Waals surface area (Å²) in [4.78, 5) is 83.0. The fourth-order valence-corrected chi connectivity index (χ4v) is 20.0. The molecule has 10 aromatic carbocycles. The van der Waals surface area contributed by atoms with Crippen molar-refractivity contribution in [2.75, 3.05) is 0 Å². The number of carboxylic acid groups (broad SMARTS) is 1. The zero-order chi connectivity index (χ0) is 97.6. The van der Waals surface area contributed by atoms with Crippen molar-refractivity contribution in [3.63, 3.8) is 0 Å². The van der Waals surface area contributed by atoms with Crippen molar-refractivity contribution < 1.29 is 77.9 Å². The standard InChI is InChI=1S/5C21H14FNO2S2.C2H4O2/c5*22-16-8-4-7-15(11-16)18-10-9-17(25-18)12-19-20(24)23(21(26)27-19)13-14-5-2-1-3-6-14;1-2(3)4/h5*1-12H,13H2;1H3,(H,3,4)/b5*19-12+;. The van der Waals surface area contributed by atoms with Gasteiger partial charge in [-0.3, -0.25) is 53.3 Å². The second-order valence-corrected chi connectivity index (χ2v) is 38.7. The molecule has 1 N–H and O–H groups in total. The van der Waals surface area contributed by atoms with Crippen LogP contribution < -0.4 is 0 Å². The van der Waals surface area contributed by atoms with Crippen molar-refractivity contribution in [2.45, 2.75) is 39.6 Å². The van der Waals surface area contributed by atoms with Crippen molar-refractivity contribution in [3.05, 3.63) is 444 Å². The summed E-state index contributed by atoms with van der Waals surface area (Å²) >= 11 is 33.1. The maximum absolute atomic E-state index is 13.4. The summed E-state index contributed by atoms with van der Waals surface area (Å²) in [7, 11) is 0. The Hall–Kier alpha value is -14.0. The second kappa shape index (κ2) is 47.4. The number of thiocarbonyl (C=S) groups is 5. The Morgan fingerprint density at radius 3 is 0.568 bits per heavy atom. The van der Waals surface area contributed by atoms with Gasteiger partial charge < -0.3 is 27.2 Å². The highest BCUT2D eigenvalue weighted by atomic mass is 32.2. The molecule has 0 radical (unpaired) electrons. The van der Waals surface area contributed by atoms with E-state index in [1.54, 1.807) is 176 Å². The number of amides is 5. The van der Waals surface area contributed by atoms with Gasteiger partial charge in [-0.1, -0.05) is 332 Å². The largest absolute Gasteiger partial charge is 0.481 e. The van der Waals surface area contributed by atoms with Gasteiger partial charge in [0.05, 0.1) is 57.2 Å². The summed E-state index contributed by atoms with van der Waals surface area (Å²) in [6, 6.07) is 97.0. The fourth-order valence-electron chi connectivity index (χ4n) is 13.8. The van der Waals surface area contributed by atoms with Crippen molar-refractivity contribution in [3.8, 4) is 56.6 Å². The molecule has 139 heavy (non-hydrogen) atoms. The van der Waals surface area contributed by atoms with Gasteiger partial charge in [-0.05, 0) is 149 Å². The molecule has 0 atom stereocenters. The smallest absolute Gasteiger partial charge is 0.300 e. The Balaban J connectivity index is 0.000000130. The summed E-state index contributed by atoms with van der Waals surface area (Å²) in [6.07, 6.45) is 8.37. The summed E-state index contributed by atoms with van der Waals surface area (Å²) in [5.41, 5.74) is 8.30. The number of furan rings is 5. The second-order valence-electron chi connectivity index (χ2n) is 30.3. The minimum Gasteiger partial charge on any atom is -0.481 e. The molecule has 15 aromatic rings. The highest BCUT2D eigenvalue weighted by molar-refractivity contribution is 8.28. The zero-order valence-electron chi connectivity index (χ0n) is 72.8. The first kappa shape index (κ1) is 99.4. The molecule has 694 valence electrons. The Morgan fingerprint density at radius 1 is 0.259 bits per heavy atom. The predicted octanol–water partition coefficient (Wildman–Crippen LogP) is 27.5. The number of benzene rings is 10. The first-order valence-corrected chi connectivity index (χ1v) is 48.3. The van der Waals surface area contributed by atoms with Crippen molar-refractivity contribution in [1.29, 1.82) is 0 Å². The van der Waals surface area contributed by atoms with Gasteiger partial charge in [0.25, 0.3) is 35.5 Å². The average molecular weight is 2040 g/mol. The Bertz CT molecular complexity index is 6320. The van der Waals surface area contributed by atoms with E-state index in [-0.39, 0.29) is 58.6 Å². The average Bonchev–Trinajstić information content (AvgIpc) is 1.68. The molecule has 10 heterocycles. The van der Waals surface area contributed by atoms with Gasteiger partial charge >= 0.3 is 0 Å². The number of hydrogen-bond donors (Lipinski definition) is 1. The van der Waals surface area contributed by atoms with Crippen LogP contribution in [-0.2, 0) is 61.5 Å². The molecule has 0 bridgehead atoms. The van der Waals surface area contributed by atoms with Gasteiger partial charge in [0.15, 0.2) is 0 Å². The number of rotatable bonds is 20. The maximum atomic E-state index is 13.4. The molecule has 5 aromatic heterocycles. The number of halogens is 5. The van der Waals surface area contributed by atoms with Crippen LogP contribution in [0.4, 0.5) is 22.0 Å². The molecule has 5 amide bonds. The molecule has 32 heteroatoms. The first-order valence-electron chi connectivity index (χ1n) is 42.2. The van der Waals surface area contributed by atoms with E-state index < -0.39 is 5.97 Å². The van der Waals surface area contributed by atoms with Crippen molar-refractivity contribution in [1.82, 2.24) is 24.5 Å². The molecule has 0 spiro atoms. The number of carbonyl (C=O) groups excluding carboxylic acids is 5. The number of aliphatic carboxylic acids is 1. The molecule has 5 aliphatic heterocycles. The van der Waals surface area contributed by atoms with Crippen molar-refractivity contribution in [2.24, 2.45) is 0 Å². The number of hydrogen-bond acceptors (Lipinski definition) is 21. The molecule has 5 aliphatic rings. The molecule has 0 aliphatic carbocycles. The Labute approximate surface area is 842 Å². The molecular weight excluding hydrogens is 1960 g/mol. The lowest BCUT2D eigenvalue weighted by Crippen LogP contribution is -2.27. The molecular formula is C107H74F5N5O12S10. The zero-order valence-corrected chi connectivity index (χ0v) is 81.0. The summed E-state index contributed by atoms with van der Waals surface area (Å²) in [5.74, 6) is 2.15. The lowest BCUT2D eigenvalue weighted by Gasteiger charge is -2.14. The van der Waals surface area contributed by atoms with Crippen LogP contribution in [0.5, 0.6) is 0 Å². The number of carboxylic acids is 1. The molecule has 0 saturated carbocycles. The lowest BCUT2D eigenvalue weighted by atomic mass is 10.2. The van der Waals surface area contributed by atoms with Gasteiger partial charge in [-0.25, -0.2) is 22.0 Å². The van der Waals surface area contributed by atoms with Crippen LogP contribution in [-0.4, -0.2) is 86.7 Å².